The van der Waals surface area contributed by atoms with E-state index in [9.17, 15) is 4.79 Å². The van der Waals surface area contributed by atoms with Gasteiger partial charge in [-0.1, -0.05) is 17.3 Å². The standard InChI is InChI=1S/C24H25N5O3/c30-24-18-8-7-17(31-16-4-2-5-16)14-20(18)21(26-27-24)13-15-3-1-6-19-22(15)32-28-23(19)29-11-9-25-10-12-29/h1,3,6-8,14,16,25H,2,4-5,9-13H2,(H,27,30). The van der Waals surface area contributed by atoms with Crippen molar-refractivity contribution in [2.45, 2.75) is 31.8 Å². The van der Waals surface area contributed by atoms with E-state index in [2.05, 4.69) is 31.6 Å². The minimum Gasteiger partial charge on any atom is -0.490 e. The van der Waals surface area contributed by atoms with E-state index >= 15 is 0 Å². The van der Waals surface area contributed by atoms with Crippen molar-refractivity contribution in [1.29, 1.82) is 0 Å². The highest BCUT2D eigenvalue weighted by molar-refractivity contribution is 5.91. The number of rotatable bonds is 5. The number of H-pyrrole nitrogens is 1. The molecule has 6 rings (SSSR count). The van der Waals surface area contributed by atoms with Crippen LogP contribution < -0.4 is 20.5 Å². The average Bonchev–Trinajstić information content (AvgIpc) is 3.24. The largest absolute Gasteiger partial charge is 0.490 e. The molecule has 1 saturated carbocycles. The first-order chi connectivity index (χ1) is 15.8. The molecule has 1 aliphatic heterocycles. The Balaban J connectivity index is 1.38. The number of piperazine rings is 1. The lowest BCUT2D eigenvalue weighted by Gasteiger charge is -2.27. The molecule has 1 saturated heterocycles. The summed E-state index contributed by atoms with van der Waals surface area (Å²) in [5, 5.41) is 17.2. The van der Waals surface area contributed by atoms with E-state index in [1.165, 1.54) is 6.42 Å². The number of para-hydroxylation sites is 1. The number of anilines is 1. The number of ether oxygens (including phenoxy) is 1. The second-order valence-corrected chi connectivity index (χ2v) is 8.59. The van der Waals surface area contributed by atoms with Gasteiger partial charge in [0, 0.05) is 43.5 Å². The zero-order valence-corrected chi connectivity index (χ0v) is 17.8. The summed E-state index contributed by atoms with van der Waals surface area (Å²) in [7, 11) is 0. The van der Waals surface area contributed by atoms with Crippen LogP contribution in [-0.4, -0.2) is 47.6 Å². The van der Waals surface area contributed by atoms with Gasteiger partial charge in [-0.3, -0.25) is 4.79 Å². The van der Waals surface area contributed by atoms with Crippen molar-refractivity contribution in [1.82, 2.24) is 20.7 Å². The molecule has 8 heteroatoms. The van der Waals surface area contributed by atoms with E-state index in [0.717, 1.165) is 78.2 Å². The first-order valence-electron chi connectivity index (χ1n) is 11.3. The van der Waals surface area contributed by atoms with Crippen molar-refractivity contribution in [3.8, 4) is 5.75 Å². The zero-order chi connectivity index (χ0) is 21.5. The SMILES string of the molecule is O=c1[nH]nc(Cc2cccc3c(N4CCNCC4)noc23)c2cc(OC3CCC3)ccc12. The molecule has 2 aliphatic rings. The van der Waals surface area contributed by atoms with Gasteiger partial charge in [0.1, 0.15) is 5.75 Å². The maximum Gasteiger partial charge on any atom is 0.272 e. The summed E-state index contributed by atoms with van der Waals surface area (Å²) < 4.78 is 11.9. The summed E-state index contributed by atoms with van der Waals surface area (Å²) >= 11 is 0. The summed E-state index contributed by atoms with van der Waals surface area (Å²) in [4.78, 5) is 14.6. The molecule has 8 nitrogen and oxygen atoms in total. The molecular weight excluding hydrogens is 406 g/mol. The summed E-state index contributed by atoms with van der Waals surface area (Å²) in [5.74, 6) is 1.67. The maximum absolute atomic E-state index is 12.4. The summed E-state index contributed by atoms with van der Waals surface area (Å²) in [6, 6.07) is 11.7. The number of nitrogens with one attached hydrogen (secondary N) is 2. The molecular formula is C24H25N5O3. The van der Waals surface area contributed by atoms with Crippen molar-refractivity contribution < 1.29 is 9.26 Å². The Morgan fingerprint density at radius 3 is 2.78 bits per heavy atom. The highest BCUT2D eigenvalue weighted by atomic mass is 16.5. The van der Waals surface area contributed by atoms with Gasteiger partial charge >= 0.3 is 0 Å². The second-order valence-electron chi connectivity index (χ2n) is 8.59. The molecule has 32 heavy (non-hydrogen) atoms. The molecule has 164 valence electrons. The first-order valence-corrected chi connectivity index (χ1v) is 11.3. The fourth-order valence-corrected chi connectivity index (χ4v) is 4.52. The van der Waals surface area contributed by atoms with Crippen LogP contribution in [0.4, 0.5) is 5.82 Å². The Kier molecular flexibility index (Phi) is 4.79. The fraction of sp³-hybridized carbons (Fsp3) is 0.375. The van der Waals surface area contributed by atoms with Gasteiger partial charge in [-0.25, -0.2) is 5.10 Å². The third-order valence-electron chi connectivity index (χ3n) is 6.53. The van der Waals surface area contributed by atoms with Gasteiger partial charge in [-0.15, -0.1) is 0 Å². The van der Waals surface area contributed by atoms with E-state index in [-0.39, 0.29) is 11.7 Å². The molecule has 3 heterocycles. The van der Waals surface area contributed by atoms with Gasteiger partial charge in [-0.2, -0.15) is 5.10 Å². The number of aromatic amines is 1. The van der Waals surface area contributed by atoms with Gasteiger partial charge in [-0.05, 0) is 43.5 Å². The van der Waals surface area contributed by atoms with E-state index in [4.69, 9.17) is 9.26 Å². The average molecular weight is 431 g/mol. The third kappa shape index (κ3) is 3.40. The predicted octanol–water partition coefficient (Wildman–Crippen LogP) is 3.00. The van der Waals surface area contributed by atoms with Crippen LogP contribution in [0.25, 0.3) is 21.7 Å². The molecule has 0 amide bonds. The van der Waals surface area contributed by atoms with Gasteiger partial charge in [0.2, 0.25) is 0 Å². The van der Waals surface area contributed by atoms with Crippen LogP contribution >= 0.6 is 0 Å². The summed E-state index contributed by atoms with van der Waals surface area (Å²) in [6.45, 7) is 3.68. The van der Waals surface area contributed by atoms with Crippen molar-refractivity contribution in [3.05, 3.63) is 58.0 Å². The van der Waals surface area contributed by atoms with E-state index in [0.29, 0.717) is 11.8 Å². The van der Waals surface area contributed by atoms with Crippen LogP contribution in [0.3, 0.4) is 0 Å². The normalized spacial score (nSPS) is 17.1. The quantitative estimate of drug-likeness (QED) is 0.501. The molecule has 2 N–H and O–H groups in total. The predicted molar refractivity (Wildman–Crippen MR) is 123 cm³/mol. The minimum atomic E-state index is -0.196. The molecule has 0 atom stereocenters. The third-order valence-corrected chi connectivity index (χ3v) is 6.53. The van der Waals surface area contributed by atoms with Gasteiger partial charge < -0.3 is 19.5 Å². The van der Waals surface area contributed by atoms with Crippen molar-refractivity contribution in [2.75, 3.05) is 31.1 Å². The Hall–Kier alpha value is -3.39. The number of hydrogen-bond donors (Lipinski definition) is 2. The van der Waals surface area contributed by atoms with Crippen LogP contribution in [0.5, 0.6) is 5.75 Å². The van der Waals surface area contributed by atoms with E-state index < -0.39 is 0 Å². The van der Waals surface area contributed by atoms with Gasteiger partial charge in [0.15, 0.2) is 11.4 Å². The number of nitrogens with zero attached hydrogens (tertiary/aromatic N) is 3. The lowest BCUT2D eigenvalue weighted by Crippen LogP contribution is -2.43. The molecule has 0 unspecified atom stereocenters. The molecule has 0 radical (unpaired) electrons. The van der Waals surface area contributed by atoms with Crippen molar-refractivity contribution in [2.24, 2.45) is 0 Å². The smallest absolute Gasteiger partial charge is 0.272 e. The summed E-state index contributed by atoms with van der Waals surface area (Å²) in [5.41, 5.74) is 2.34. The van der Waals surface area contributed by atoms with Gasteiger partial charge in [0.25, 0.3) is 5.56 Å². The molecule has 4 aromatic rings. The lowest BCUT2D eigenvalue weighted by molar-refractivity contribution is 0.120. The molecule has 2 aromatic heterocycles. The van der Waals surface area contributed by atoms with E-state index in [1.54, 1.807) is 0 Å². The number of benzene rings is 2. The van der Waals surface area contributed by atoms with Crippen molar-refractivity contribution >= 4 is 27.6 Å². The Bertz CT molecular complexity index is 1330. The topological polar surface area (TPSA) is 96.3 Å². The van der Waals surface area contributed by atoms with Crippen LogP contribution in [0.15, 0.2) is 45.7 Å². The first kappa shape index (κ1) is 19.3. The van der Waals surface area contributed by atoms with E-state index in [1.807, 2.05) is 30.3 Å². The highest BCUT2D eigenvalue weighted by Gasteiger charge is 2.21. The fourth-order valence-electron chi connectivity index (χ4n) is 4.52. The number of fused-ring (bicyclic) bond motifs is 2. The van der Waals surface area contributed by atoms with Gasteiger partial charge in [0.05, 0.1) is 22.6 Å². The Morgan fingerprint density at radius 2 is 1.97 bits per heavy atom. The molecule has 2 fully saturated rings. The number of hydrogen-bond acceptors (Lipinski definition) is 7. The zero-order valence-electron chi connectivity index (χ0n) is 17.8. The molecule has 0 spiro atoms. The Morgan fingerprint density at radius 1 is 1.09 bits per heavy atom. The van der Waals surface area contributed by atoms with Crippen LogP contribution in [-0.2, 0) is 6.42 Å². The van der Waals surface area contributed by atoms with Crippen LogP contribution in [0.1, 0.15) is 30.5 Å². The van der Waals surface area contributed by atoms with Crippen LogP contribution in [0.2, 0.25) is 0 Å². The maximum atomic E-state index is 12.4. The number of aromatic nitrogens is 3. The van der Waals surface area contributed by atoms with Crippen molar-refractivity contribution in [3.63, 3.8) is 0 Å². The summed E-state index contributed by atoms with van der Waals surface area (Å²) in [6.07, 6.45) is 4.18. The minimum absolute atomic E-state index is 0.196. The molecule has 2 aromatic carbocycles. The lowest BCUT2D eigenvalue weighted by atomic mass is 9.96. The Labute approximate surface area is 184 Å². The molecule has 0 bridgehead atoms. The second kappa shape index (κ2) is 7.94. The molecule has 1 aliphatic carbocycles. The van der Waals surface area contributed by atoms with Crippen LogP contribution in [0, 0.1) is 0 Å². The highest BCUT2D eigenvalue weighted by Crippen LogP contribution is 2.32. The monoisotopic (exact) mass is 431 g/mol.